The van der Waals surface area contributed by atoms with E-state index < -0.39 is 0 Å². The summed E-state index contributed by atoms with van der Waals surface area (Å²) >= 11 is 1.47. The van der Waals surface area contributed by atoms with Crippen molar-refractivity contribution in [2.75, 3.05) is 5.32 Å². The number of hydrogen-bond acceptors (Lipinski definition) is 3. The molecular weight excluding hydrogens is 244 g/mol. The number of amides is 1. The van der Waals surface area contributed by atoms with E-state index in [4.69, 9.17) is 0 Å². The van der Waals surface area contributed by atoms with Crippen molar-refractivity contribution in [1.29, 1.82) is 0 Å². The second-order valence-electron chi connectivity index (χ2n) is 4.44. The molecule has 1 N–H and O–H groups in total. The molecule has 94 valence electrons. The first-order chi connectivity index (χ1) is 8.65. The second kappa shape index (κ2) is 5.78. The van der Waals surface area contributed by atoms with Gasteiger partial charge in [-0.15, -0.1) is 11.3 Å². The standard InChI is InChI=1S/C14H16N2OS/c1-10(2)12-9-18-14(15-12)16-13(17)8-11-6-4-3-5-7-11/h3-7,9-10H,8H2,1-2H3,(H,15,16,17). The highest BCUT2D eigenvalue weighted by Crippen LogP contribution is 2.21. The lowest BCUT2D eigenvalue weighted by Gasteiger charge is -2.02. The van der Waals surface area contributed by atoms with Crippen LogP contribution in [0.25, 0.3) is 0 Å². The van der Waals surface area contributed by atoms with Gasteiger partial charge in [0.15, 0.2) is 5.13 Å². The summed E-state index contributed by atoms with van der Waals surface area (Å²) in [6.07, 6.45) is 0.386. The molecule has 0 saturated carbocycles. The van der Waals surface area contributed by atoms with Crippen LogP contribution >= 0.6 is 11.3 Å². The van der Waals surface area contributed by atoms with Gasteiger partial charge >= 0.3 is 0 Å². The predicted octanol–water partition coefficient (Wildman–Crippen LogP) is 3.45. The first-order valence-corrected chi connectivity index (χ1v) is 6.82. The number of aromatic nitrogens is 1. The van der Waals surface area contributed by atoms with Crippen molar-refractivity contribution in [1.82, 2.24) is 4.98 Å². The van der Waals surface area contributed by atoms with Crippen molar-refractivity contribution in [2.45, 2.75) is 26.2 Å². The topological polar surface area (TPSA) is 42.0 Å². The van der Waals surface area contributed by atoms with Gasteiger partial charge in [-0.3, -0.25) is 4.79 Å². The van der Waals surface area contributed by atoms with Crippen LogP contribution < -0.4 is 5.32 Å². The summed E-state index contributed by atoms with van der Waals surface area (Å²) in [7, 11) is 0. The summed E-state index contributed by atoms with van der Waals surface area (Å²) in [6.45, 7) is 4.18. The van der Waals surface area contributed by atoms with Gasteiger partial charge in [0.05, 0.1) is 12.1 Å². The second-order valence-corrected chi connectivity index (χ2v) is 5.30. The van der Waals surface area contributed by atoms with Crippen molar-refractivity contribution < 1.29 is 4.79 Å². The van der Waals surface area contributed by atoms with Crippen molar-refractivity contribution >= 4 is 22.4 Å². The van der Waals surface area contributed by atoms with Crippen molar-refractivity contribution in [3.63, 3.8) is 0 Å². The van der Waals surface area contributed by atoms with Crippen LogP contribution in [0, 0.1) is 0 Å². The maximum atomic E-state index is 11.8. The highest BCUT2D eigenvalue weighted by Gasteiger charge is 2.09. The molecule has 3 nitrogen and oxygen atoms in total. The molecule has 2 rings (SSSR count). The fourth-order valence-corrected chi connectivity index (χ4v) is 2.44. The molecule has 1 aromatic heterocycles. The molecule has 0 radical (unpaired) electrons. The van der Waals surface area contributed by atoms with E-state index in [0.717, 1.165) is 11.3 Å². The third kappa shape index (κ3) is 3.40. The zero-order chi connectivity index (χ0) is 13.0. The molecule has 0 unspecified atom stereocenters. The molecule has 18 heavy (non-hydrogen) atoms. The van der Waals surface area contributed by atoms with Crippen LogP contribution in [0.5, 0.6) is 0 Å². The third-order valence-corrected chi connectivity index (χ3v) is 3.34. The Morgan fingerprint density at radius 1 is 1.33 bits per heavy atom. The Balaban J connectivity index is 1.95. The van der Waals surface area contributed by atoms with Gasteiger partial charge in [-0.25, -0.2) is 4.98 Å². The van der Waals surface area contributed by atoms with Crippen LogP contribution in [0.15, 0.2) is 35.7 Å². The van der Waals surface area contributed by atoms with Gasteiger partial charge in [0.2, 0.25) is 5.91 Å². The number of benzene rings is 1. The summed E-state index contributed by atoms with van der Waals surface area (Å²) in [5.41, 5.74) is 2.03. The Morgan fingerprint density at radius 3 is 2.67 bits per heavy atom. The largest absolute Gasteiger partial charge is 0.302 e. The van der Waals surface area contributed by atoms with Crippen LogP contribution in [0.4, 0.5) is 5.13 Å². The Bertz CT molecular complexity index is 520. The molecule has 1 amide bonds. The van der Waals surface area contributed by atoms with E-state index in [0.29, 0.717) is 17.5 Å². The van der Waals surface area contributed by atoms with Gasteiger partial charge in [0.1, 0.15) is 0 Å². The Hall–Kier alpha value is -1.68. The van der Waals surface area contributed by atoms with Gasteiger partial charge in [-0.2, -0.15) is 0 Å². The molecule has 0 aliphatic heterocycles. The van der Waals surface area contributed by atoms with Crippen molar-refractivity contribution in [3.05, 3.63) is 47.0 Å². The Kier molecular flexibility index (Phi) is 4.10. The number of nitrogens with zero attached hydrogens (tertiary/aromatic N) is 1. The van der Waals surface area contributed by atoms with Gasteiger partial charge in [-0.05, 0) is 11.5 Å². The molecular formula is C14H16N2OS. The van der Waals surface area contributed by atoms with E-state index in [1.54, 1.807) is 0 Å². The van der Waals surface area contributed by atoms with E-state index in [1.165, 1.54) is 11.3 Å². The Morgan fingerprint density at radius 2 is 2.06 bits per heavy atom. The number of rotatable bonds is 4. The lowest BCUT2D eigenvalue weighted by molar-refractivity contribution is -0.115. The SMILES string of the molecule is CC(C)c1csc(NC(=O)Cc2ccccc2)n1. The van der Waals surface area contributed by atoms with E-state index in [1.807, 2.05) is 35.7 Å². The quantitative estimate of drug-likeness (QED) is 0.915. The minimum absolute atomic E-state index is 0.0224. The fourth-order valence-electron chi connectivity index (χ4n) is 1.55. The number of carbonyl (C=O) groups excluding carboxylic acids is 1. The average Bonchev–Trinajstić information content (AvgIpc) is 2.78. The molecule has 0 bridgehead atoms. The lowest BCUT2D eigenvalue weighted by atomic mass is 10.1. The highest BCUT2D eigenvalue weighted by molar-refractivity contribution is 7.13. The smallest absolute Gasteiger partial charge is 0.230 e. The molecule has 1 heterocycles. The maximum Gasteiger partial charge on any atom is 0.230 e. The summed E-state index contributed by atoms with van der Waals surface area (Å²) in [5, 5.41) is 5.50. The Labute approximate surface area is 111 Å². The first kappa shape index (κ1) is 12.8. The van der Waals surface area contributed by atoms with Crippen molar-refractivity contribution in [3.8, 4) is 0 Å². The van der Waals surface area contributed by atoms with E-state index in [2.05, 4.69) is 24.1 Å². The van der Waals surface area contributed by atoms with Crippen LogP contribution in [-0.2, 0) is 11.2 Å². The zero-order valence-corrected chi connectivity index (χ0v) is 11.3. The summed E-state index contributed by atoms with van der Waals surface area (Å²) in [6, 6.07) is 9.70. The fraction of sp³-hybridized carbons (Fsp3) is 0.286. The van der Waals surface area contributed by atoms with Gasteiger partial charge in [0, 0.05) is 5.38 Å². The predicted molar refractivity (Wildman–Crippen MR) is 75.0 cm³/mol. The normalized spacial score (nSPS) is 10.6. The lowest BCUT2D eigenvalue weighted by Crippen LogP contribution is -2.14. The average molecular weight is 260 g/mol. The molecule has 0 atom stereocenters. The first-order valence-electron chi connectivity index (χ1n) is 5.94. The van der Waals surface area contributed by atoms with E-state index in [-0.39, 0.29) is 5.91 Å². The van der Waals surface area contributed by atoms with E-state index in [9.17, 15) is 4.79 Å². The minimum Gasteiger partial charge on any atom is -0.302 e. The van der Waals surface area contributed by atoms with Crippen LogP contribution in [0.1, 0.15) is 31.0 Å². The van der Waals surface area contributed by atoms with Crippen LogP contribution in [0.2, 0.25) is 0 Å². The molecule has 1 aromatic carbocycles. The van der Waals surface area contributed by atoms with Gasteiger partial charge in [0.25, 0.3) is 0 Å². The zero-order valence-electron chi connectivity index (χ0n) is 10.5. The molecule has 4 heteroatoms. The van der Waals surface area contributed by atoms with Gasteiger partial charge < -0.3 is 5.32 Å². The minimum atomic E-state index is -0.0224. The highest BCUT2D eigenvalue weighted by atomic mass is 32.1. The maximum absolute atomic E-state index is 11.8. The van der Waals surface area contributed by atoms with E-state index >= 15 is 0 Å². The molecule has 0 aliphatic carbocycles. The van der Waals surface area contributed by atoms with Crippen LogP contribution in [0.3, 0.4) is 0 Å². The third-order valence-electron chi connectivity index (χ3n) is 2.57. The van der Waals surface area contributed by atoms with Gasteiger partial charge in [-0.1, -0.05) is 44.2 Å². The summed E-state index contributed by atoms with van der Waals surface area (Å²) in [5.74, 6) is 0.367. The molecule has 0 spiro atoms. The molecule has 2 aromatic rings. The number of anilines is 1. The molecule has 0 saturated heterocycles. The summed E-state index contributed by atoms with van der Waals surface area (Å²) in [4.78, 5) is 16.2. The van der Waals surface area contributed by atoms with Crippen LogP contribution in [-0.4, -0.2) is 10.9 Å². The number of hydrogen-bond donors (Lipinski definition) is 1. The molecule has 0 aliphatic rings. The monoisotopic (exact) mass is 260 g/mol. The number of nitrogens with one attached hydrogen (secondary N) is 1. The van der Waals surface area contributed by atoms with Crippen molar-refractivity contribution in [2.24, 2.45) is 0 Å². The number of carbonyl (C=O) groups is 1. The summed E-state index contributed by atoms with van der Waals surface area (Å²) < 4.78 is 0. The molecule has 0 fully saturated rings. The number of thiazole rings is 1.